The molecule has 0 saturated carbocycles. The van der Waals surface area contributed by atoms with Crippen LogP contribution in [0.4, 0.5) is 0 Å². The lowest BCUT2D eigenvalue weighted by atomic mass is 10.0. The van der Waals surface area contributed by atoms with Gasteiger partial charge < -0.3 is 24.5 Å². The van der Waals surface area contributed by atoms with E-state index in [1.807, 2.05) is 27.7 Å². The summed E-state index contributed by atoms with van der Waals surface area (Å²) in [6, 6.07) is 2.43. The number of ether oxygens (including phenoxy) is 2. The molecule has 0 radical (unpaired) electrons. The van der Waals surface area contributed by atoms with Gasteiger partial charge in [-0.3, -0.25) is 19.8 Å². The number of carbonyl (C=O) groups is 3. The summed E-state index contributed by atoms with van der Waals surface area (Å²) in [5.41, 5.74) is -1.04. The summed E-state index contributed by atoms with van der Waals surface area (Å²) in [5, 5.41) is 22.2. The fraction of sp³-hybridized carbons (Fsp3) is 0.609. The first-order valence-corrected chi connectivity index (χ1v) is 11.2. The van der Waals surface area contributed by atoms with E-state index in [0.717, 1.165) is 0 Å². The number of rotatable bonds is 15. The fourth-order valence-corrected chi connectivity index (χ4v) is 3.10. The molecule has 34 heavy (non-hydrogen) atoms. The third-order valence-electron chi connectivity index (χ3n) is 5.32. The van der Waals surface area contributed by atoms with Crippen molar-refractivity contribution in [3.05, 3.63) is 24.3 Å². The topological polar surface area (TPSA) is 140 Å². The van der Waals surface area contributed by atoms with Crippen molar-refractivity contribution in [2.75, 3.05) is 26.4 Å². The molecule has 0 saturated heterocycles. The molecule has 1 aromatic heterocycles. The Morgan fingerprint density at radius 1 is 0.971 bits per heavy atom. The molecule has 0 aliphatic carbocycles. The van der Waals surface area contributed by atoms with Gasteiger partial charge in [0, 0.05) is 30.8 Å². The van der Waals surface area contributed by atoms with Gasteiger partial charge in [0.25, 0.3) is 11.8 Å². The van der Waals surface area contributed by atoms with Gasteiger partial charge in [-0.15, -0.1) is 4.73 Å². The molecule has 2 rings (SSSR count). The molecule has 0 atom stereocenters. The third-order valence-corrected chi connectivity index (χ3v) is 5.32. The summed E-state index contributed by atoms with van der Waals surface area (Å²) in [7, 11) is 0. The number of aromatic nitrogens is 1. The van der Waals surface area contributed by atoms with Gasteiger partial charge in [-0.1, -0.05) is 0 Å². The third kappa shape index (κ3) is 8.81. The van der Waals surface area contributed by atoms with Gasteiger partial charge in [0.2, 0.25) is 11.8 Å². The molecular weight excluding hydrogens is 446 g/mol. The maximum Gasteiger partial charge on any atom is 0.333 e. The molecule has 1 aliphatic rings. The summed E-state index contributed by atoms with van der Waals surface area (Å²) in [6.07, 6.45) is 4.23. The molecule has 11 nitrogen and oxygen atoms in total. The minimum absolute atomic E-state index is 0.0402. The van der Waals surface area contributed by atoms with Crippen LogP contribution in [0.25, 0.3) is 0 Å². The SMILES string of the molecule is CC(C)(CCC(=O)On1c(O)ccc1O)OCCC(C)(C)OCNCCCN1C(=O)C=CC1=O. The Morgan fingerprint density at radius 2 is 1.56 bits per heavy atom. The monoisotopic (exact) mass is 481 g/mol. The van der Waals surface area contributed by atoms with Crippen LogP contribution in [0.2, 0.25) is 0 Å². The highest BCUT2D eigenvalue weighted by atomic mass is 16.7. The number of carbonyl (C=O) groups excluding carboxylic acids is 3. The second-order valence-electron chi connectivity index (χ2n) is 9.23. The van der Waals surface area contributed by atoms with Crippen LogP contribution in [-0.2, 0) is 23.9 Å². The number of aromatic hydroxyl groups is 2. The number of nitrogens with zero attached hydrogens (tertiary/aromatic N) is 2. The highest BCUT2D eigenvalue weighted by molar-refractivity contribution is 6.12. The highest BCUT2D eigenvalue weighted by Crippen LogP contribution is 2.22. The zero-order valence-corrected chi connectivity index (χ0v) is 20.2. The molecule has 0 bridgehead atoms. The van der Waals surface area contributed by atoms with Gasteiger partial charge in [-0.2, -0.15) is 0 Å². The van der Waals surface area contributed by atoms with Crippen LogP contribution in [0.1, 0.15) is 53.4 Å². The van der Waals surface area contributed by atoms with Gasteiger partial charge in [0.05, 0.1) is 31.0 Å². The van der Waals surface area contributed by atoms with Crippen molar-refractivity contribution in [1.82, 2.24) is 14.9 Å². The molecule has 3 N–H and O–H groups in total. The van der Waals surface area contributed by atoms with E-state index in [1.54, 1.807) is 0 Å². The van der Waals surface area contributed by atoms with Crippen molar-refractivity contribution in [1.29, 1.82) is 0 Å². The van der Waals surface area contributed by atoms with Gasteiger partial charge in [0.1, 0.15) is 0 Å². The standard InChI is InChI=1S/C23H35N3O8/c1-22(2,11-10-21(31)34-26-19(29)8-9-20(26)30)32-15-12-23(3,4)33-16-24-13-5-14-25-17(27)6-7-18(25)28/h6-9,24,29-30H,5,10-16H2,1-4H3. The summed E-state index contributed by atoms with van der Waals surface area (Å²) >= 11 is 0. The summed E-state index contributed by atoms with van der Waals surface area (Å²) < 4.78 is 12.5. The van der Waals surface area contributed by atoms with Crippen LogP contribution >= 0.6 is 0 Å². The summed E-state index contributed by atoms with van der Waals surface area (Å²) in [4.78, 5) is 41.1. The second-order valence-corrected chi connectivity index (χ2v) is 9.23. The predicted molar refractivity (Wildman–Crippen MR) is 122 cm³/mol. The van der Waals surface area contributed by atoms with Crippen molar-refractivity contribution in [2.24, 2.45) is 0 Å². The van der Waals surface area contributed by atoms with E-state index in [4.69, 9.17) is 14.3 Å². The zero-order chi connectivity index (χ0) is 25.4. The average Bonchev–Trinajstić information content (AvgIpc) is 3.24. The van der Waals surface area contributed by atoms with Crippen LogP contribution in [0.3, 0.4) is 0 Å². The maximum atomic E-state index is 12.0. The fourth-order valence-electron chi connectivity index (χ4n) is 3.10. The van der Waals surface area contributed by atoms with E-state index < -0.39 is 17.2 Å². The largest absolute Gasteiger partial charge is 0.492 e. The van der Waals surface area contributed by atoms with Crippen molar-refractivity contribution in [3.8, 4) is 11.8 Å². The average molecular weight is 482 g/mol. The Labute approximate surface area is 199 Å². The Morgan fingerprint density at radius 3 is 2.18 bits per heavy atom. The molecule has 0 aromatic carbocycles. The molecule has 2 amide bonds. The van der Waals surface area contributed by atoms with Crippen molar-refractivity contribution < 1.29 is 38.9 Å². The molecule has 0 unspecified atom stereocenters. The smallest absolute Gasteiger partial charge is 0.333 e. The lowest BCUT2D eigenvalue weighted by Crippen LogP contribution is -2.35. The highest BCUT2D eigenvalue weighted by Gasteiger charge is 2.25. The minimum atomic E-state index is -0.608. The van der Waals surface area contributed by atoms with Gasteiger partial charge >= 0.3 is 5.97 Å². The zero-order valence-electron chi connectivity index (χ0n) is 20.2. The lowest BCUT2D eigenvalue weighted by molar-refractivity contribution is -0.147. The van der Waals surface area contributed by atoms with Crippen molar-refractivity contribution >= 4 is 17.8 Å². The molecule has 11 heteroatoms. The van der Waals surface area contributed by atoms with E-state index in [-0.39, 0.29) is 30.0 Å². The number of hydrogen-bond donors (Lipinski definition) is 3. The number of amides is 2. The molecule has 0 spiro atoms. The molecule has 190 valence electrons. The Hall–Kier alpha value is -2.89. The Bertz CT molecular complexity index is 853. The normalized spacial score (nSPS) is 14.3. The maximum absolute atomic E-state index is 12.0. The van der Waals surface area contributed by atoms with E-state index in [1.165, 1.54) is 29.2 Å². The Balaban J connectivity index is 1.57. The number of imide groups is 1. The number of nitrogens with one attached hydrogen (secondary N) is 1. The van der Waals surface area contributed by atoms with Crippen molar-refractivity contribution in [2.45, 2.75) is 64.6 Å². The summed E-state index contributed by atoms with van der Waals surface area (Å²) in [5.74, 6) is -1.90. The first-order valence-electron chi connectivity index (χ1n) is 11.2. The molecular formula is C23H35N3O8. The van der Waals surface area contributed by atoms with Crippen molar-refractivity contribution in [3.63, 3.8) is 0 Å². The number of hydrogen-bond acceptors (Lipinski definition) is 9. The molecule has 2 heterocycles. The Kier molecular flexibility index (Phi) is 9.66. The van der Waals surface area contributed by atoms with E-state index >= 15 is 0 Å². The van der Waals surface area contributed by atoms with Crippen LogP contribution in [0.5, 0.6) is 11.8 Å². The van der Waals surface area contributed by atoms with Crippen LogP contribution in [0, 0.1) is 0 Å². The van der Waals surface area contributed by atoms with E-state index in [0.29, 0.717) is 50.4 Å². The first kappa shape index (κ1) is 27.4. The van der Waals surface area contributed by atoms with Crippen LogP contribution in [0.15, 0.2) is 24.3 Å². The lowest BCUT2D eigenvalue weighted by Gasteiger charge is -2.29. The van der Waals surface area contributed by atoms with Gasteiger partial charge in [-0.25, -0.2) is 4.79 Å². The van der Waals surface area contributed by atoms with Gasteiger partial charge in [-0.05, 0) is 53.5 Å². The van der Waals surface area contributed by atoms with Crippen LogP contribution < -0.4 is 10.2 Å². The van der Waals surface area contributed by atoms with E-state index in [2.05, 4.69) is 5.32 Å². The predicted octanol–water partition coefficient (Wildman–Crippen LogP) is 1.48. The first-order chi connectivity index (χ1) is 15.9. The summed E-state index contributed by atoms with van der Waals surface area (Å²) in [6.45, 7) is 9.34. The molecule has 1 aliphatic heterocycles. The van der Waals surface area contributed by atoms with Crippen LogP contribution in [-0.4, -0.2) is 75.3 Å². The minimum Gasteiger partial charge on any atom is -0.492 e. The molecule has 0 fully saturated rings. The molecule has 1 aromatic rings. The second kappa shape index (κ2) is 12.0. The quantitative estimate of drug-likeness (QED) is 0.193. The van der Waals surface area contributed by atoms with E-state index in [9.17, 15) is 24.6 Å². The van der Waals surface area contributed by atoms with Gasteiger partial charge in [0.15, 0.2) is 0 Å².